The van der Waals surface area contributed by atoms with Gasteiger partial charge in [-0.2, -0.15) is 0 Å². The Morgan fingerprint density at radius 1 is 1.47 bits per heavy atom. The number of benzene rings is 1. The molecule has 0 radical (unpaired) electrons. The summed E-state index contributed by atoms with van der Waals surface area (Å²) in [5, 5.41) is 4.04. The molecule has 1 aromatic rings. The fourth-order valence-electron chi connectivity index (χ4n) is 2.41. The molecule has 1 aromatic carbocycles. The number of hydrogen-bond donors (Lipinski definition) is 2. The average molecular weight is 282 g/mol. The third kappa shape index (κ3) is 3.69. The van der Waals surface area contributed by atoms with Gasteiger partial charge in [0, 0.05) is 29.3 Å². The molecule has 0 unspecified atom stereocenters. The number of hydrogen-bond acceptors (Lipinski definition) is 4. The molecule has 0 saturated carbocycles. The minimum absolute atomic E-state index is 0.352. The van der Waals surface area contributed by atoms with E-state index < -0.39 is 0 Å². The second kappa shape index (κ2) is 6.89. The van der Waals surface area contributed by atoms with E-state index in [9.17, 15) is 0 Å². The summed E-state index contributed by atoms with van der Waals surface area (Å²) in [5.41, 5.74) is 8.75. The molecular weight excluding hydrogens is 262 g/mol. The topological polar surface area (TPSA) is 59.6 Å². The van der Waals surface area contributed by atoms with Gasteiger partial charge in [0.1, 0.15) is 6.73 Å². The SMILES string of the molecule is COCN=C(c1cc(Cl)ccc1N)C1CCNCC1. The normalized spacial score (nSPS) is 17.7. The molecule has 1 heterocycles. The number of rotatable bonds is 4. The van der Waals surface area contributed by atoms with Crippen LogP contribution in [0.25, 0.3) is 0 Å². The molecule has 2 rings (SSSR count). The van der Waals surface area contributed by atoms with Gasteiger partial charge in [0.25, 0.3) is 0 Å². The summed E-state index contributed by atoms with van der Waals surface area (Å²) >= 11 is 6.08. The molecule has 0 atom stereocenters. The Kier molecular flexibility index (Phi) is 5.19. The standard InChI is InChI=1S/C14H20ClN3O/c1-19-9-18-14(10-4-6-17-7-5-10)12-8-11(15)2-3-13(12)16/h2-3,8,10,17H,4-7,9,16H2,1H3. The number of piperidine rings is 1. The van der Waals surface area contributed by atoms with E-state index in [-0.39, 0.29) is 0 Å². The Hall–Kier alpha value is -1.10. The number of halogens is 1. The lowest BCUT2D eigenvalue weighted by molar-refractivity contribution is 0.208. The Bertz CT molecular complexity index is 456. The Morgan fingerprint density at radius 2 is 2.21 bits per heavy atom. The fraction of sp³-hybridized carbons (Fsp3) is 0.500. The van der Waals surface area contributed by atoms with E-state index in [1.807, 2.05) is 12.1 Å². The van der Waals surface area contributed by atoms with Gasteiger partial charge in [-0.25, -0.2) is 0 Å². The zero-order valence-electron chi connectivity index (χ0n) is 11.2. The van der Waals surface area contributed by atoms with Crippen LogP contribution in [-0.4, -0.2) is 32.6 Å². The fourth-order valence-corrected chi connectivity index (χ4v) is 2.59. The van der Waals surface area contributed by atoms with Crippen molar-refractivity contribution in [2.45, 2.75) is 12.8 Å². The van der Waals surface area contributed by atoms with E-state index in [0.29, 0.717) is 17.7 Å². The second-order valence-corrected chi connectivity index (χ2v) is 5.15. The first kappa shape index (κ1) is 14.3. The van der Waals surface area contributed by atoms with Crippen molar-refractivity contribution < 1.29 is 4.74 Å². The predicted molar refractivity (Wildman–Crippen MR) is 79.9 cm³/mol. The zero-order chi connectivity index (χ0) is 13.7. The van der Waals surface area contributed by atoms with E-state index in [2.05, 4.69) is 10.3 Å². The molecule has 0 aromatic heterocycles. The largest absolute Gasteiger partial charge is 0.398 e. The van der Waals surface area contributed by atoms with Crippen LogP contribution in [0, 0.1) is 5.92 Å². The molecule has 3 N–H and O–H groups in total. The van der Waals surface area contributed by atoms with Gasteiger partial charge in [0.15, 0.2) is 0 Å². The van der Waals surface area contributed by atoms with Crippen LogP contribution in [0.1, 0.15) is 18.4 Å². The Morgan fingerprint density at radius 3 is 2.89 bits per heavy atom. The first-order chi connectivity index (χ1) is 9.22. The summed E-state index contributed by atoms with van der Waals surface area (Å²) in [6.07, 6.45) is 2.13. The first-order valence-corrected chi connectivity index (χ1v) is 6.89. The lowest BCUT2D eigenvalue weighted by atomic mass is 9.88. The van der Waals surface area contributed by atoms with Crippen molar-refractivity contribution in [3.8, 4) is 0 Å². The number of anilines is 1. The van der Waals surface area contributed by atoms with Crippen molar-refractivity contribution in [3.63, 3.8) is 0 Å². The van der Waals surface area contributed by atoms with E-state index in [1.54, 1.807) is 13.2 Å². The molecule has 0 spiro atoms. The van der Waals surface area contributed by atoms with Gasteiger partial charge in [-0.3, -0.25) is 4.99 Å². The lowest BCUT2D eigenvalue weighted by Gasteiger charge is -2.25. The molecule has 1 fully saturated rings. The highest BCUT2D eigenvalue weighted by atomic mass is 35.5. The summed E-state index contributed by atoms with van der Waals surface area (Å²) in [6, 6.07) is 5.53. The number of ether oxygens (including phenoxy) is 1. The average Bonchev–Trinajstić information content (AvgIpc) is 2.44. The van der Waals surface area contributed by atoms with Crippen molar-refractivity contribution >= 4 is 23.0 Å². The monoisotopic (exact) mass is 281 g/mol. The number of aliphatic imine (C=N–C) groups is 1. The molecule has 0 bridgehead atoms. The molecule has 1 aliphatic heterocycles. The molecule has 19 heavy (non-hydrogen) atoms. The van der Waals surface area contributed by atoms with Crippen LogP contribution in [0.5, 0.6) is 0 Å². The minimum atomic E-state index is 0.352. The van der Waals surface area contributed by atoms with E-state index in [1.165, 1.54) is 0 Å². The molecule has 0 aliphatic carbocycles. The highest BCUT2D eigenvalue weighted by Crippen LogP contribution is 2.25. The molecule has 0 amide bonds. The van der Waals surface area contributed by atoms with Crippen LogP contribution in [0.4, 0.5) is 5.69 Å². The van der Waals surface area contributed by atoms with Gasteiger partial charge >= 0.3 is 0 Å². The van der Waals surface area contributed by atoms with Crippen LogP contribution in [0.2, 0.25) is 5.02 Å². The maximum absolute atomic E-state index is 6.08. The number of nitrogens with one attached hydrogen (secondary N) is 1. The summed E-state index contributed by atoms with van der Waals surface area (Å²) in [4.78, 5) is 4.57. The van der Waals surface area contributed by atoms with Crippen molar-refractivity contribution in [1.82, 2.24) is 5.32 Å². The maximum atomic E-state index is 6.08. The highest BCUT2D eigenvalue weighted by Gasteiger charge is 2.22. The summed E-state index contributed by atoms with van der Waals surface area (Å²) < 4.78 is 5.08. The summed E-state index contributed by atoms with van der Waals surface area (Å²) in [5.74, 6) is 0.414. The van der Waals surface area contributed by atoms with Crippen LogP contribution in [-0.2, 0) is 4.74 Å². The van der Waals surface area contributed by atoms with Crippen molar-refractivity contribution in [2.75, 3.05) is 32.7 Å². The maximum Gasteiger partial charge on any atom is 0.137 e. The quantitative estimate of drug-likeness (QED) is 0.658. The Balaban J connectivity index is 2.33. The zero-order valence-corrected chi connectivity index (χ0v) is 11.9. The number of nitrogen functional groups attached to an aromatic ring is 1. The van der Waals surface area contributed by atoms with Crippen LogP contribution in [0.3, 0.4) is 0 Å². The second-order valence-electron chi connectivity index (χ2n) is 4.72. The first-order valence-electron chi connectivity index (χ1n) is 6.51. The van der Waals surface area contributed by atoms with Gasteiger partial charge in [-0.15, -0.1) is 0 Å². The van der Waals surface area contributed by atoms with Crippen LogP contribution >= 0.6 is 11.6 Å². The molecule has 1 saturated heterocycles. The minimum Gasteiger partial charge on any atom is -0.398 e. The number of nitrogens with two attached hydrogens (primary N) is 1. The van der Waals surface area contributed by atoms with Crippen molar-refractivity contribution in [3.05, 3.63) is 28.8 Å². The number of nitrogens with zero attached hydrogens (tertiary/aromatic N) is 1. The Labute approximate surface area is 119 Å². The van der Waals surface area contributed by atoms with Gasteiger partial charge < -0.3 is 15.8 Å². The summed E-state index contributed by atoms with van der Waals surface area (Å²) in [7, 11) is 1.64. The van der Waals surface area contributed by atoms with Gasteiger partial charge in [0.2, 0.25) is 0 Å². The van der Waals surface area contributed by atoms with E-state index >= 15 is 0 Å². The van der Waals surface area contributed by atoms with Gasteiger partial charge in [-0.1, -0.05) is 11.6 Å². The molecule has 5 heteroatoms. The van der Waals surface area contributed by atoms with Crippen molar-refractivity contribution in [2.24, 2.45) is 10.9 Å². The van der Waals surface area contributed by atoms with Crippen molar-refractivity contribution in [1.29, 1.82) is 0 Å². The third-order valence-electron chi connectivity index (χ3n) is 3.38. The van der Waals surface area contributed by atoms with E-state index in [0.717, 1.165) is 42.9 Å². The summed E-state index contributed by atoms with van der Waals surface area (Å²) in [6.45, 7) is 2.37. The predicted octanol–water partition coefficient (Wildman–Crippen LogP) is 2.31. The highest BCUT2D eigenvalue weighted by molar-refractivity contribution is 6.31. The number of methoxy groups -OCH3 is 1. The molecule has 1 aliphatic rings. The van der Waals surface area contributed by atoms with Gasteiger partial charge in [-0.05, 0) is 44.1 Å². The smallest absolute Gasteiger partial charge is 0.137 e. The van der Waals surface area contributed by atoms with Crippen LogP contribution in [0.15, 0.2) is 23.2 Å². The lowest BCUT2D eigenvalue weighted by Crippen LogP contribution is -2.32. The molecule has 4 nitrogen and oxygen atoms in total. The molecular formula is C14H20ClN3O. The van der Waals surface area contributed by atoms with Gasteiger partial charge in [0.05, 0.1) is 5.71 Å². The van der Waals surface area contributed by atoms with Crippen LogP contribution < -0.4 is 11.1 Å². The van der Waals surface area contributed by atoms with E-state index in [4.69, 9.17) is 22.1 Å². The third-order valence-corrected chi connectivity index (χ3v) is 3.62. The molecule has 104 valence electrons.